The fourth-order valence-corrected chi connectivity index (χ4v) is 3.86. The summed E-state index contributed by atoms with van der Waals surface area (Å²) >= 11 is 0. The third-order valence-electron chi connectivity index (χ3n) is 5.67. The number of carbonyl (C=O) groups excluding carboxylic acids is 2. The number of nitrogens with zero attached hydrogens (tertiary/aromatic N) is 1. The Bertz CT molecular complexity index is 935. The van der Waals surface area contributed by atoms with Crippen LogP contribution in [0.15, 0.2) is 48.5 Å². The molecule has 6 nitrogen and oxygen atoms in total. The summed E-state index contributed by atoms with van der Waals surface area (Å²) in [4.78, 5) is 24.9. The van der Waals surface area contributed by atoms with Crippen LogP contribution in [0.5, 0.6) is 11.5 Å². The molecule has 1 aliphatic rings. The van der Waals surface area contributed by atoms with Gasteiger partial charge >= 0.3 is 0 Å². The zero-order valence-electron chi connectivity index (χ0n) is 23.2. The molecule has 38 heavy (non-hydrogen) atoms. The van der Waals surface area contributed by atoms with E-state index in [4.69, 9.17) is 15.2 Å². The number of likely N-dealkylation sites (tertiary alicyclic amines) is 1. The molecule has 206 valence electrons. The minimum atomic E-state index is -0.372. The van der Waals surface area contributed by atoms with Crippen LogP contribution in [0.3, 0.4) is 0 Å². The molecule has 2 aromatic carbocycles. The Balaban J connectivity index is 0.000000639. The molecule has 0 unspecified atom stereocenters. The van der Waals surface area contributed by atoms with E-state index in [0.717, 1.165) is 11.5 Å². The van der Waals surface area contributed by atoms with E-state index in [1.54, 1.807) is 31.4 Å². The molecule has 1 amide bonds. The summed E-state index contributed by atoms with van der Waals surface area (Å²) in [5.74, 6) is 1.35. The largest absolute Gasteiger partial charge is 0.497 e. The van der Waals surface area contributed by atoms with E-state index in [-0.39, 0.29) is 24.2 Å². The normalized spacial score (nSPS) is 12.0. The van der Waals surface area contributed by atoms with Gasteiger partial charge in [0.15, 0.2) is 5.78 Å². The SMILES string of the molecule is C#C.C#C.CC(C)Oc1ccc(C(=O)CCCC(N)=O)cc1.COc1ccc(CCCN2CCCC2)cc1. The summed E-state index contributed by atoms with van der Waals surface area (Å²) < 4.78 is 10.6. The fourth-order valence-electron chi connectivity index (χ4n) is 3.86. The van der Waals surface area contributed by atoms with Gasteiger partial charge in [-0.25, -0.2) is 0 Å². The van der Waals surface area contributed by atoms with Gasteiger partial charge in [0.05, 0.1) is 13.2 Å². The third-order valence-corrected chi connectivity index (χ3v) is 5.67. The molecule has 1 fully saturated rings. The molecule has 0 radical (unpaired) electrons. The maximum atomic E-state index is 11.8. The topological polar surface area (TPSA) is 81.9 Å². The van der Waals surface area contributed by atoms with Gasteiger partial charge < -0.3 is 20.1 Å². The molecule has 0 aromatic heterocycles. The van der Waals surface area contributed by atoms with Crippen LogP contribution in [-0.2, 0) is 11.2 Å². The van der Waals surface area contributed by atoms with Crippen LogP contribution in [0.1, 0.15) is 68.3 Å². The zero-order chi connectivity index (χ0) is 28.8. The van der Waals surface area contributed by atoms with Crippen molar-refractivity contribution in [3.63, 3.8) is 0 Å². The minimum absolute atomic E-state index is 0.0207. The molecule has 2 aromatic rings. The molecular weight excluding hydrogens is 476 g/mol. The van der Waals surface area contributed by atoms with Crippen molar-refractivity contribution < 1.29 is 19.1 Å². The second-order valence-electron chi connectivity index (χ2n) is 8.93. The van der Waals surface area contributed by atoms with Crippen molar-refractivity contribution >= 4 is 11.7 Å². The van der Waals surface area contributed by atoms with Gasteiger partial charge in [0.2, 0.25) is 5.91 Å². The molecule has 0 saturated carbocycles. The summed E-state index contributed by atoms with van der Waals surface area (Å²) in [6, 6.07) is 15.5. The van der Waals surface area contributed by atoms with Crippen molar-refractivity contribution in [3.8, 4) is 37.2 Å². The lowest BCUT2D eigenvalue weighted by molar-refractivity contribution is -0.118. The maximum absolute atomic E-state index is 11.8. The number of methoxy groups -OCH3 is 1. The van der Waals surface area contributed by atoms with Crippen LogP contribution in [0.4, 0.5) is 0 Å². The standard InChI is InChI=1S/C14H19NO3.C14H21NO.2C2H2/c1-10(2)18-12-8-6-11(7-9-12)13(16)4-3-5-14(15)17;1-16-14-8-6-13(7-9-14)5-4-12-15-10-2-3-11-15;2*1-2/h6-10H,3-5H2,1-2H3,(H2,15,17);6-9H,2-5,10-12H2,1H3;2*1-2H. The van der Waals surface area contributed by atoms with Crippen molar-refractivity contribution in [2.45, 2.75) is 64.9 Å². The number of ketones is 1. The van der Waals surface area contributed by atoms with Crippen molar-refractivity contribution in [1.82, 2.24) is 4.90 Å². The van der Waals surface area contributed by atoms with Crippen LogP contribution in [0.25, 0.3) is 0 Å². The molecule has 0 atom stereocenters. The van der Waals surface area contributed by atoms with Crippen LogP contribution >= 0.6 is 0 Å². The van der Waals surface area contributed by atoms with E-state index in [1.807, 2.05) is 26.0 Å². The predicted molar refractivity (Wildman–Crippen MR) is 156 cm³/mol. The molecule has 3 rings (SSSR count). The van der Waals surface area contributed by atoms with E-state index in [0.29, 0.717) is 18.4 Å². The molecule has 0 bridgehead atoms. The number of benzene rings is 2. The monoisotopic (exact) mass is 520 g/mol. The highest BCUT2D eigenvalue weighted by atomic mass is 16.5. The first-order valence-electron chi connectivity index (χ1n) is 13.0. The summed E-state index contributed by atoms with van der Waals surface area (Å²) in [6.07, 6.45) is 22.4. The number of aryl methyl sites for hydroxylation is 1. The number of terminal acetylenes is 2. The summed E-state index contributed by atoms with van der Waals surface area (Å²) in [7, 11) is 1.71. The molecule has 1 heterocycles. The van der Waals surface area contributed by atoms with Crippen molar-refractivity contribution in [1.29, 1.82) is 0 Å². The van der Waals surface area contributed by atoms with E-state index >= 15 is 0 Å². The quantitative estimate of drug-likeness (QED) is 0.294. The van der Waals surface area contributed by atoms with Gasteiger partial charge in [-0.15, -0.1) is 25.7 Å². The Kier molecular flexibility index (Phi) is 19.3. The number of primary amides is 1. The second kappa shape index (κ2) is 21.4. The highest BCUT2D eigenvalue weighted by molar-refractivity contribution is 5.96. The van der Waals surface area contributed by atoms with Gasteiger partial charge in [0, 0.05) is 18.4 Å². The van der Waals surface area contributed by atoms with Crippen molar-refractivity contribution in [3.05, 3.63) is 59.7 Å². The summed E-state index contributed by atoms with van der Waals surface area (Å²) in [6.45, 7) is 7.77. The number of amides is 1. The highest BCUT2D eigenvalue weighted by Crippen LogP contribution is 2.16. The van der Waals surface area contributed by atoms with Crippen LogP contribution in [0, 0.1) is 25.7 Å². The lowest BCUT2D eigenvalue weighted by Crippen LogP contribution is -2.20. The molecule has 6 heteroatoms. The molecule has 2 N–H and O–H groups in total. The molecule has 0 spiro atoms. The van der Waals surface area contributed by atoms with E-state index in [9.17, 15) is 9.59 Å². The van der Waals surface area contributed by atoms with Gasteiger partial charge in [0.1, 0.15) is 11.5 Å². The Hall–Kier alpha value is -3.74. The molecule has 1 aliphatic heterocycles. The average molecular weight is 521 g/mol. The summed E-state index contributed by atoms with van der Waals surface area (Å²) in [5.41, 5.74) is 7.07. The lowest BCUT2D eigenvalue weighted by atomic mass is 10.1. The van der Waals surface area contributed by atoms with Gasteiger partial charge in [-0.1, -0.05) is 12.1 Å². The number of nitrogens with two attached hydrogens (primary N) is 1. The van der Waals surface area contributed by atoms with Gasteiger partial charge in [-0.05, 0) is 108 Å². The first-order valence-corrected chi connectivity index (χ1v) is 13.0. The number of rotatable bonds is 12. The molecule has 1 saturated heterocycles. The van der Waals surface area contributed by atoms with E-state index in [2.05, 4.69) is 42.7 Å². The number of carbonyl (C=O) groups is 2. The van der Waals surface area contributed by atoms with Gasteiger partial charge in [-0.2, -0.15) is 0 Å². The predicted octanol–water partition coefficient (Wildman–Crippen LogP) is 5.53. The number of ether oxygens (including phenoxy) is 2. The fraction of sp³-hybridized carbons (Fsp3) is 0.438. The maximum Gasteiger partial charge on any atom is 0.217 e. The second-order valence-corrected chi connectivity index (χ2v) is 8.93. The Morgan fingerprint density at radius 2 is 1.42 bits per heavy atom. The average Bonchev–Trinajstić information content (AvgIpc) is 3.45. The Morgan fingerprint density at radius 1 is 0.868 bits per heavy atom. The first-order chi connectivity index (χ1) is 18.4. The van der Waals surface area contributed by atoms with E-state index in [1.165, 1.54) is 50.9 Å². The number of Topliss-reactive ketones (excluding diaryl/α,β-unsaturated/α-hetero) is 1. The van der Waals surface area contributed by atoms with Gasteiger partial charge in [0.25, 0.3) is 0 Å². The number of hydrogen-bond donors (Lipinski definition) is 1. The first kappa shape index (κ1) is 34.3. The molecule has 0 aliphatic carbocycles. The highest BCUT2D eigenvalue weighted by Gasteiger charge is 2.10. The van der Waals surface area contributed by atoms with Crippen LogP contribution in [-0.4, -0.2) is 49.4 Å². The van der Waals surface area contributed by atoms with Crippen molar-refractivity contribution in [2.75, 3.05) is 26.7 Å². The third kappa shape index (κ3) is 15.4. The Labute approximate surface area is 229 Å². The van der Waals surface area contributed by atoms with Crippen LogP contribution < -0.4 is 15.2 Å². The summed E-state index contributed by atoms with van der Waals surface area (Å²) in [5, 5.41) is 0. The van der Waals surface area contributed by atoms with Gasteiger partial charge in [-0.3, -0.25) is 9.59 Å². The van der Waals surface area contributed by atoms with E-state index < -0.39 is 0 Å². The zero-order valence-corrected chi connectivity index (χ0v) is 23.2. The van der Waals surface area contributed by atoms with Crippen LogP contribution in [0.2, 0.25) is 0 Å². The van der Waals surface area contributed by atoms with Crippen molar-refractivity contribution in [2.24, 2.45) is 5.73 Å². The lowest BCUT2D eigenvalue weighted by Gasteiger charge is -2.13. The Morgan fingerprint density at radius 3 is 1.92 bits per heavy atom. The number of hydrogen-bond acceptors (Lipinski definition) is 5. The smallest absolute Gasteiger partial charge is 0.217 e. The molecular formula is C32H44N2O4. The minimum Gasteiger partial charge on any atom is -0.497 e.